The summed E-state index contributed by atoms with van der Waals surface area (Å²) in [5.41, 5.74) is 12.2. The summed E-state index contributed by atoms with van der Waals surface area (Å²) in [6, 6.07) is 8.59. The Labute approximate surface area is 157 Å². The van der Waals surface area contributed by atoms with Gasteiger partial charge >= 0.3 is 6.18 Å². The molecule has 28 heavy (non-hydrogen) atoms. The van der Waals surface area contributed by atoms with E-state index in [1.807, 2.05) is 0 Å². The maximum absolute atomic E-state index is 13.6. The Morgan fingerprint density at radius 3 is 2.50 bits per heavy atom. The van der Waals surface area contributed by atoms with E-state index in [1.54, 1.807) is 22.9 Å². The van der Waals surface area contributed by atoms with Crippen LogP contribution in [0.15, 0.2) is 42.6 Å². The molecule has 0 saturated heterocycles. The number of rotatable bonds is 3. The molecule has 0 fully saturated rings. The molecule has 5 N–H and O–H groups in total. The number of aliphatic hydroxyl groups excluding tert-OH is 1. The zero-order valence-electron chi connectivity index (χ0n) is 14.5. The van der Waals surface area contributed by atoms with E-state index in [0.717, 1.165) is 6.07 Å². The third kappa shape index (κ3) is 2.80. The number of hydrogen-bond donors (Lipinski definition) is 3. The Morgan fingerprint density at radius 2 is 1.79 bits per heavy atom. The lowest BCUT2D eigenvalue weighted by molar-refractivity contribution is -0.137. The van der Waals surface area contributed by atoms with Gasteiger partial charge in [-0.15, -0.1) is 0 Å². The molecule has 144 valence electrons. The van der Waals surface area contributed by atoms with Crippen LogP contribution >= 0.6 is 0 Å². The van der Waals surface area contributed by atoms with Gasteiger partial charge in [-0.1, -0.05) is 18.2 Å². The van der Waals surface area contributed by atoms with Gasteiger partial charge in [-0.2, -0.15) is 18.2 Å². The highest BCUT2D eigenvalue weighted by Gasteiger charge is 2.34. The minimum Gasteiger partial charge on any atom is -0.395 e. The maximum Gasteiger partial charge on any atom is 0.417 e. The molecule has 0 bridgehead atoms. The molecule has 0 aliphatic heterocycles. The highest BCUT2D eigenvalue weighted by molar-refractivity contribution is 6.15. The number of aromatic nitrogens is 3. The molecule has 0 aliphatic carbocycles. The van der Waals surface area contributed by atoms with Crippen LogP contribution in [0.25, 0.3) is 32.9 Å². The van der Waals surface area contributed by atoms with Crippen LogP contribution in [0.5, 0.6) is 0 Å². The Kier molecular flexibility index (Phi) is 4.11. The van der Waals surface area contributed by atoms with E-state index in [4.69, 9.17) is 11.5 Å². The van der Waals surface area contributed by atoms with Crippen molar-refractivity contribution in [3.05, 3.63) is 48.2 Å². The van der Waals surface area contributed by atoms with E-state index >= 15 is 0 Å². The minimum absolute atomic E-state index is 0.00976. The predicted molar refractivity (Wildman–Crippen MR) is 101 cm³/mol. The number of hydrogen-bond acceptors (Lipinski definition) is 5. The third-order valence-electron chi connectivity index (χ3n) is 4.61. The van der Waals surface area contributed by atoms with Crippen LogP contribution in [0.1, 0.15) is 5.56 Å². The third-order valence-corrected chi connectivity index (χ3v) is 4.61. The molecule has 2 aromatic carbocycles. The van der Waals surface area contributed by atoms with E-state index < -0.39 is 11.7 Å². The molecule has 0 aliphatic rings. The number of alkyl halides is 3. The van der Waals surface area contributed by atoms with Gasteiger partial charge < -0.3 is 21.1 Å². The SMILES string of the molecule is Nc1nc(N)c2c(cc(-c3ccccc3C(F)(F)F)c3c2ccn3CCO)n1. The summed E-state index contributed by atoms with van der Waals surface area (Å²) < 4.78 is 42.6. The predicted octanol–water partition coefficient (Wildman–Crippen LogP) is 3.43. The molecule has 2 heterocycles. The van der Waals surface area contributed by atoms with Gasteiger partial charge in [0.25, 0.3) is 0 Å². The van der Waals surface area contributed by atoms with Gasteiger partial charge in [-0.05, 0) is 23.8 Å². The van der Waals surface area contributed by atoms with Crippen LogP contribution in [0.2, 0.25) is 0 Å². The van der Waals surface area contributed by atoms with E-state index in [2.05, 4.69) is 9.97 Å². The monoisotopic (exact) mass is 387 g/mol. The number of aliphatic hydroxyl groups is 1. The summed E-state index contributed by atoms with van der Waals surface area (Å²) in [7, 11) is 0. The quantitative estimate of drug-likeness (QED) is 0.500. The number of anilines is 2. The second-order valence-electron chi connectivity index (χ2n) is 6.32. The van der Waals surface area contributed by atoms with Crippen molar-refractivity contribution in [3.8, 4) is 11.1 Å². The normalized spacial score (nSPS) is 12.1. The highest BCUT2D eigenvalue weighted by atomic mass is 19.4. The lowest BCUT2D eigenvalue weighted by Gasteiger charge is -2.16. The highest BCUT2D eigenvalue weighted by Crippen LogP contribution is 2.42. The molecule has 2 aromatic heterocycles. The van der Waals surface area contributed by atoms with E-state index in [-0.39, 0.29) is 30.5 Å². The van der Waals surface area contributed by atoms with Crippen molar-refractivity contribution in [1.29, 1.82) is 0 Å². The Hall–Kier alpha value is -3.33. The topological polar surface area (TPSA) is 103 Å². The van der Waals surface area contributed by atoms with Crippen LogP contribution in [0.4, 0.5) is 24.9 Å². The smallest absolute Gasteiger partial charge is 0.395 e. The first-order valence-corrected chi connectivity index (χ1v) is 8.43. The molecule has 0 radical (unpaired) electrons. The minimum atomic E-state index is -4.53. The number of nitrogens with two attached hydrogens (primary N) is 2. The van der Waals surface area contributed by atoms with Gasteiger partial charge in [0.1, 0.15) is 5.82 Å². The van der Waals surface area contributed by atoms with Crippen molar-refractivity contribution in [2.75, 3.05) is 18.1 Å². The largest absolute Gasteiger partial charge is 0.417 e. The summed E-state index contributed by atoms with van der Waals surface area (Å²) in [6.07, 6.45) is -2.84. The van der Waals surface area contributed by atoms with E-state index in [1.165, 1.54) is 18.2 Å². The molecule has 0 amide bonds. The zero-order chi connectivity index (χ0) is 20.1. The first-order valence-electron chi connectivity index (χ1n) is 8.43. The fourth-order valence-corrected chi connectivity index (χ4v) is 3.54. The molecule has 6 nitrogen and oxygen atoms in total. The molecule has 4 rings (SSSR count). The van der Waals surface area contributed by atoms with Crippen LogP contribution in [-0.2, 0) is 12.7 Å². The van der Waals surface area contributed by atoms with Crippen LogP contribution in [0, 0.1) is 0 Å². The van der Waals surface area contributed by atoms with Gasteiger partial charge in [0.15, 0.2) is 0 Å². The van der Waals surface area contributed by atoms with Crippen molar-refractivity contribution in [1.82, 2.24) is 14.5 Å². The summed E-state index contributed by atoms with van der Waals surface area (Å²) >= 11 is 0. The molecule has 0 saturated carbocycles. The average Bonchev–Trinajstić information content (AvgIpc) is 3.04. The number of fused-ring (bicyclic) bond motifs is 3. The zero-order valence-corrected chi connectivity index (χ0v) is 14.5. The molecular weight excluding hydrogens is 371 g/mol. The van der Waals surface area contributed by atoms with Crippen LogP contribution in [-0.4, -0.2) is 26.2 Å². The number of halogens is 3. The van der Waals surface area contributed by atoms with Gasteiger partial charge in [0, 0.05) is 23.7 Å². The molecule has 9 heteroatoms. The summed E-state index contributed by atoms with van der Waals surface area (Å²) in [6.45, 7) is 0.0435. The van der Waals surface area contributed by atoms with Crippen molar-refractivity contribution in [2.24, 2.45) is 0 Å². The first kappa shape index (κ1) is 18.1. The summed E-state index contributed by atoms with van der Waals surface area (Å²) in [5, 5.41) is 10.5. The molecular formula is C19H16F3N5O. The van der Waals surface area contributed by atoms with Crippen LogP contribution < -0.4 is 11.5 Å². The fourth-order valence-electron chi connectivity index (χ4n) is 3.54. The molecule has 4 aromatic rings. The van der Waals surface area contributed by atoms with Gasteiger partial charge in [0.2, 0.25) is 5.95 Å². The van der Waals surface area contributed by atoms with Gasteiger partial charge in [0.05, 0.1) is 28.6 Å². The van der Waals surface area contributed by atoms with Crippen LogP contribution in [0.3, 0.4) is 0 Å². The number of nitrogen functional groups attached to an aromatic ring is 2. The van der Waals surface area contributed by atoms with Gasteiger partial charge in [-0.25, -0.2) is 4.98 Å². The average molecular weight is 387 g/mol. The lowest BCUT2D eigenvalue weighted by atomic mass is 9.95. The maximum atomic E-state index is 13.6. The van der Waals surface area contributed by atoms with E-state index in [0.29, 0.717) is 27.4 Å². The Morgan fingerprint density at radius 1 is 1.04 bits per heavy atom. The standard InChI is InChI=1S/C19H16F3N5O/c20-19(21,22)13-4-2-1-3-10(13)12-9-14-15(17(23)26-18(24)25-14)11-5-6-27(7-8-28)16(11)12/h1-6,9,28H,7-8H2,(H4,23,24,25,26). The number of nitrogens with zero attached hydrogens (tertiary/aromatic N) is 3. The lowest BCUT2D eigenvalue weighted by Crippen LogP contribution is -2.08. The molecule has 0 unspecified atom stereocenters. The fraction of sp³-hybridized carbons (Fsp3) is 0.158. The number of benzene rings is 2. The second kappa shape index (κ2) is 6.38. The van der Waals surface area contributed by atoms with Crippen molar-refractivity contribution >= 4 is 33.6 Å². The van der Waals surface area contributed by atoms with E-state index in [9.17, 15) is 18.3 Å². The summed E-state index contributed by atoms with van der Waals surface area (Å²) in [4.78, 5) is 8.14. The van der Waals surface area contributed by atoms with Crippen molar-refractivity contribution in [3.63, 3.8) is 0 Å². The molecule has 0 atom stereocenters. The van der Waals surface area contributed by atoms with Crippen molar-refractivity contribution < 1.29 is 18.3 Å². The second-order valence-corrected chi connectivity index (χ2v) is 6.32. The first-order chi connectivity index (χ1) is 13.3. The Bertz CT molecular complexity index is 1200. The Balaban J connectivity index is 2.18. The molecule has 0 spiro atoms. The van der Waals surface area contributed by atoms with Crippen molar-refractivity contribution in [2.45, 2.75) is 12.7 Å². The summed E-state index contributed by atoms with van der Waals surface area (Å²) in [5.74, 6) is 0.0825. The van der Waals surface area contributed by atoms with Gasteiger partial charge in [-0.3, -0.25) is 0 Å².